The van der Waals surface area contributed by atoms with Crippen molar-refractivity contribution in [3.63, 3.8) is 0 Å². The summed E-state index contributed by atoms with van der Waals surface area (Å²) in [6.45, 7) is 15.5. The third-order valence-electron chi connectivity index (χ3n) is 7.97. The minimum atomic E-state index is -2.17. The molecule has 0 aliphatic heterocycles. The van der Waals surface area contributed by atoms with E-state index in [1.54, 1.807) is 0 Å². The lowest BCUT2D eigenvalue weighted by Gasteiger charge is -2.54. The van der Waals surface area contributed by atoms with Crippen molar-refractivity contribution >= 4 is 8.32 Å². The summed E-state index contributed by atoms with van der Waals surface area (Å²) in [4.78, 5) is 0. The van der Waals surface area contributed by atoms with E-state index < -0.39 is 19.3 Å². The lowest BCUT2D eigenvalue weighted by molar-refractivity contribution is -0.169. The van der Waals surface area contributed by atoms with E-state index >= 15 is 0 Å². The molecule has 2 rings (SSSR count). The van der Waals surface area contributed by atoms with E-state index in [0.29, 0.717) is 0 Å². The summed E-state index contributed by atoms with van der Waals surface area (Å²) in [5, 5.41) is 21.5. The fraction of sp³-hybridized carbons (Fsp3) is 0.750. The Kier molecular flexibility index (Phi) is 7.24. The van der Waals surface area contributed by atoms with Gasteiger partial charge in [0.1, 0.15) is 0 Å². The Bertz CT molecular complexity index is 626. The summed E-state index contributed by atoms with van der Waals surface area (Å²) >= 11 is 0. The fourth-order valence-corrected chi connectivity index (χ4v) is 7.09. The Morgan fingerprint density at radius 1 is 1.14 bits per heavy atom. The van der Waals surface area contributed by atoms with Crippen molar-refractivity contribution in [2.75, 3.05) is 6.61 Å². The third kappa shape index (κ3) is 4.25. The molecule has 0 spiro atoms. The topological polar surface area (TPSA) is 49.7 Å². The molecule has 3 nitrogen and oxygen atoms in total. The third-order valence-corrected chi connectivity index (χ3v) is 12.1. The maximum atomic E-state index is 11.7. The molecule has 0 radical (unpaired) electrons. The molecule has 0 heterocycles. The van der Waals surface area contributed by atoms with Crippen molar-refractivity contribution in [2.45, 2.75) is 96.6 Å². The van der Waals surface area contributed by atoms with Crippen LogP contribution in [-0.2, 0) is 9.46 Å². The van der Waals surface area contributed by atoms with Gasteiger partial charge in [0.25, 0.3) is 0 Å². The molecule has 1 aromatic carbocycles. The minimum absolute atomic E-state index is 0.00296. The van der Waals surface area contributed by atoms with Crippen molar-refractivity contribution in [1.29, 1.82) is 0 Å². The van der Waals surface area contributed by atoms with Crippen LogP contribution in [0.2, 0.25) is 13.1 Å². The number of benzene rings is 1. The SMILES string of the molecule is C[C@H](CO)[C@]1(O)CCCCCC(O[Si](C)(C)C(C)(C)c2ccccc2)C1(C)C. The normalized spacial score (nSPS) is 27.7. The standard InChI is InChI=1S/C24H42O3Si/c1-19(18-25)24(26)17-13-9-12-16-21(22(24,2)3)27-28(6,7)23(4,5)20-14-10-8-11-15-20/h8,10-11,14-15,19,21,25-26H,9,12-13,16-18H2,1-7H3/t19-,21?,24-/m1/s1. The molecule has 4 heteroatoms. The summed E-state index contributed by atoms with van der Waals surface area (Å²) < 4.78 is 7.04. The lowest BCUT2D eigenvalue weighted by atomic mass is 9.61. The number of rotatable bonds is 6. The highest BCUT2D eigenvalue weighted by atomic mass is 28.4. The molecular formula is C24H42O3Si. The summed E-state index contributed by atoms with van der Waals surface area (Å²) in [6.07, 6.45) is 4.93. The van der Waals surface area contributed by atoms with Crippen LogP contribution in [-0.4, -0.2) is 36.8 Å². The van der Waals surface area contributed by atoms with E-state index in [1.165, 1.54) is 5.56 Å². The van der Waals surface area contributed by atoms with Gasteiger partial charge in [-0.1, -0.05) is 84.2 Å². The zero-order valence-corrected chi connectivity index (χ0v) is 20.1. The lowest BCUT2D eigenvalue weighted by Crippen LogP contribution is -2.61. The van der Waals surface area contributed by atoms with E-state index in [4.69, 9.17) is 4.43 Å². The first-order valence-corrected chi connectivity index (χ1v) is 13.9. The number of aliphatic hydroxyl groups is 2. The second kappa shape index (κ2) is 8.59. The molecule has 1 aromatic rings. The van der Waals surface area contributed by atoms with Gasteiger partial charge in [0.05, 0.1) is 11.7 Å². The second-order valence-electron chi connectivity index (χ2n) is 10.4. The summed E-state index contributed by atoms with van der Waals surface area (Å²) in [6, 6.07) is 10.7. The van der Waals surface area contributed by atoms with Crippen LogP contribution < -0.4 is 0 Å². The van der Waals surface area contributed by atoms with Gasteiger partial charge >= 0.3 is 0 Å². The van der Waals surface area contributed by atoms with E-state index in [0.717, 1.165) is 32.1 Å². The molecule has 160 valence electrons. The van der Waals surface area contributed by atoms with E-state index in [-0.39, 0.29) is 23.7 Å². The molecule has 1 saturated carbocycles. The molecule has 0 aromatic heterocycles. The molecule has 1 aliphatic carbocycles. The van der Waals surface area contributed by atoms with Crippen molar-refractivity contribution in [1.82, 2.24) is 0 Å². The van der Waals surface area contributed by atoms with Gasteiger partial charge in [-0.15, -0.1) is 0 Å². The number of aliphatic hydroxyl groups excluding tert-OH is 1. The Hall–Kier alpha value is -0.683. The zero-order valence-electron chi connectivity index (χ0n) is 19.1. The molecule has 1 aliphatic rings. The van der Waals surface area contributed by atoms with E-state index in [2.05, 4.69) is 71.1 Å². The van der Waals surface area contributed by atoms with Gasteiger partial charge < -0.3 is 14.6 Å². The van der Waals surface area contributed by atoms with Crippen LogP contribution in [0.4, 0.5) is 0 Å². The summed E-state index contributed by atoms with van der Waals surface area (Å²) in [5.74, 6) is -0.168. The van der Waals surface area contributed by atoms with Crippen molar-refractivity contribution in [2.24, 2.45) is 11.3 Å². The van der Waals surface area contributed by atoms with Gasteiger partial charge in [0.2, 0.25) is 0 Å². The minimum Gasteiger partial charge on any atom is -0.413 e. The van der Waals surface area contributed by atoms with Crippen LogP contribution in [0.25, 0.3) is 0 Å². The first kappa shape index (κ1) is 23.6. The molecule has 1 fully saturated rings. The van der Waals surface area contributed by atoms with Crippen LogP contribution in [0.1, 0.15) is 72.3 Å². The Balaban J connectivity index is 2.37. The monoisotopic (exact) mass is 406 g/mol. The molecule has 0 amide bonds. The highest BCUT2D eigenvalue weighted by molar-refractivity contribution is 6.74. The van der Waals surface area contributed by atoms with Crippen LogP contribution in [0, 0.1) is 11.3 Å². The Labute approximate surface area is 173 Å². The van der Waals surface area contributed by atoms with Gasteiger partial charge in [-0.2, -0.15) is 0 Å². The van der Waals surface area contributed by atoms with Crippen molar-refractivity contribution < 1.29 is 14.6 Å². The fourth-order valence-electron chi connectivity index (χ4n) is 4.81. The van der Waals surface area contributed by atoms with Gasteiger partial charge in [0, 0.05) is 23.0 Å². The van der Waals surface area contributed by atoms with E-state index in [1.807, 2.05) is 6.92 Å². The van der Waals surface area contributed by atoms with Gasteiger partial charge in [-0.3, -0.25) is 0 Å². The predicted octanol–water partition coefficient (Wildman–Crippen LogP) is 5.44. The molecule has 0 bridgehead atoms. The average molecular weight is 407 g/mol. The largest absolute Gasteiger partial charge is 0.413 e. The number of hydrogen-bond acceptors (Lipinski definition) is 3. The highest BCUT2D eigenvalue weighted by Crippen LogP contribution is 2.49. The van der Waals surface area contributed by atoms with Gasteiger partial charge in [-0.25, -0.2) is 0 Å². The van der Waals surface area contributed by atoms with E-state index in [9.17, 15) is 10.2 Å². The molecular weight excluding hydrogens is 364 g/mol. The first-order valence-electron chi connectivity index (χ1n) is 11.0. The van der Waals surface area contributed by atoms with Crippen LogP contribution in [0.5, 0.6) is 0 Å². The summed E-state index contributed by atoms with van der Waals surface area (Å²) in [7, 11) is -2.17. The Morgan fingerprint density at radius 3 is 2.32 bits per heavy atom. The highest BCUT2D eigenvalue weighted by Gasteiger charge is 2.54. The smallest absolute Gasteiger partial charge is 0.197 e. The summed E-state index contributed by atoms with van der Waals surface area (Å²) in [5.41, 5.74) is -0.0322. The molecule has 28 heavy (non-hydrogen) atoms. The Morgan fingerprint density at radius 2 is 1.75 bits per heavy atom. The zero-order chi connectivity index (χ0) is 21.2. The maximum absolute atomic E-state index is 11.7. The van der Waals surface area contributed by atoms with Crippen molar-refractivity contribution in [3.05, 3.63) is 35.9 Å². The average Bonchev–Trinajstić information content (AvgIpc) is 2.65. The van der Waals surface area contributed by atoms with Crippen LogP contribution in [0.3, 0.4) is 0 Å². The van der Waals surface area contributed by atoms with Gasteiger partial charge in [0.15, 0.2) is 8.32 Å². The first-order chi connectivity index (χ1) is 12.9. The van der Waals surface area contributed by atoms with Crippen LogP contribution in [0.15, 0.2) is 30.3 Å². The second-order valence-corrected chi connectivity index (χ2v) is 14.9. The quantitative estimate of drug-likeness (QED) is 0.618. The number of hydrogen-bond donors (Lipinski definition) is 2. The van der Waals surface area contributed by atoms with Gasteiger partial charge in [-0.05, 0) is 31.5 Å². The van der Waals surface area contributed by atoms with Crippen LogP contribution >= 0.6 is 0 Å². The molecule has 3 atom stereocenters. The molecule has 0 saturated heterocycles. The molecule has 1 unspecified atom stereocenters. The molecule has 2 N–H and O–H groups in total. The van der Waals surface area contributed by atoms with Crippen molar-refractivity contribution in [3.8, 4) is 0 Å². The predicted molar refractivity (Wildman–Crippen MR) is 120 cm³/mol. The maximum Gasteiger partial charge on any atom is 0.197 e.